The molecule has 6 nitrogen and oxygen atoms in total. The summed E-state index contributed by atoms with van der Waals surface area (Å²) in [5.74, 6) is -2.80. The summed E-state index contributed by atoms with van der Waals surface area (Å²) in [5.41, 5.74) is 1.73. The number of fused-ring (bicyclic) bond motifs is 1. The first-order valence-electron chi connectivity index (χ1n) is 10.8. The maximum atomic E-state index is 13.3. The molecule has 1 aliphatic rings. The zero-order valence-corrected chi connectivity index (χ0v) is 18.0. The minimum Gasteiger partial charge on any atom is -0.383 e. The zero-order chi connectivity index (χ0) is 24.5. The molecule has 0 saturated carbocycles. The molecule has 10 heteroatoms. The van der Waals surface area contributed by atoms with E-state index in [-0.39, 0.29) is 31.5 Å². The van der Waals surface area contributed by atoms with Gasteiger partial charge in [0.15, 0.2) is 6.10 Å². The Morgan fingerprint density at radius 1 is 1.15 bits per heavy atom. The number of aliphatic hydroxyl groups is 1. The van der Waals surface area contributed by atoms with E-state index in [4.69, 9.17) is 0 Å². The predicted molar refractivity (Wildman–Crippen MR) is 116 cm³/mol. The van der Waals surface area contributed by atoms with E-state index >= 15 is 0 Å². The number of para-hydroxylation sites is 1. The van der Waals surface area contributed by atoms with Gasteiger partial charge in [-0.25, -0.2) is 4.39 Å². The van der Waals surface area contributed by atoms with Crippen molar-refractivity contribution in [3.63, 3.8) is 0 Å². The number of nitrogens with one attached hydrogen (secondary N) is 2. The third-order valence-electron chi connectivity index (χ3n) is 6.13. The number of nitrogens with zero attached hydrogens (tertiary/aromatic N) is 1. The Kier molecular flexibility index (Phi) is 6.60. The molecule has 180 valence electrons. The summed E-state index contributed by atoms with van der Waals surface area (Å²) in [4.78, 5) is 30.4. The number of aromatic amines is 1. The highest BCUT2D eigenvalue weighted by Crippen LogP contribution is 2.31. The fraction of sp³-hybridized carbons (Fsp3) is 0.333. The molecule has 1 aromatic heterocycles. The van der Waals surface area contributed by atoms with E-state index in [9.17, 15) is 32.3 Å². The van der Waals surface area contributed by atoms with Crippen molar-refractivity contribution in [1.29, 1.82) is 0 Å². The lowest BCUT2D eigenvalue weighted by Crippen LogP contribution is -2.49. The Labute approximate surface area is 192 Å². The first-order chi connectivity index (χ1) is 16.1. The van der Waals surface area contributed by atoms with Gasteiger partial charge in [-0.3, -0.25) is 9.59 Å². The Morgan fingerprint density at radius 2 is 1.85 bits per heavy atom. The molecule has 1 fully saturated rings. The average Bonchev–Trinajstić information content (AvgIpc) is 3.45. The van der Waals surface area contributed by atoms with Gasteiger partial charge in [0.25, 0.3) is 5.91 Å². The summed E-state index contributed by atoms with van der Waals surface area (Å²) in [5, 5.41) is 13.1. The zero-order valence-electron chi connectivity index (χ0n) is 18.0. The van der Waals surface area contributed by atoms with E-state index in [0.717, 1.165) is 28.6 Å². The second kappa shape index (κ2) is 9.46. The largest absolute Gasteiger partial charge is 0.414 e. The number of hydrogen-bond acceptors (Lipinski definition) is 3. The Bertz CT molecular complexity index is 1180. The van der Waals surface area contributed by atoms with E-state index in [1.807, 2.05) is 24.3 Å². The minimum atomic E-state index is -4.77. The van der Waals surface area contributed by atoms with Crippen molar-refractivity contribution in [3.05, 3.63) is 71.7 Å². The van der Waals surface area contributed by atoms with Crippen LogP contribution in [0.5, 0.6) is 0 Å². The number of aromatic nitrogens is 1. The topological polar surface area (TPSA) is 85.4 Å². The minimum absolute atomic E-state index is 0.00185. The molecule has 34 heavy (non-hydrogen) atoms. The Morgan fingerprint density at radius 3 is 2.56 bits per heavy atom. The maximum Gasteiger partial charge on any atom is 0.414 e. The molecule has 2 unspecified atom stereocenters. The molecule has 3 aromatic rings. The van der Waals surface area contributed by atoms with Crippen LogP contribution in [0.3, 0.4) is 0 Å². The van der Waals surface area contributed by atoms with Crippen molar-refractivity contribution in [3.8, 4) is 0 Å². The standard InChI is InChI=1S/C24H23F4N3O3/c25-17-7-5-14(6-8-17)22(33)30-20(11-16-12-29-19-4-2-1-3-18(16)19)23(34)31-10-9-15(13-31)21(32)24(26,27)28/h1-8,12,15,20-21,29,32H,9-11,13H2,(H,30,33)/t15?,20-,21?/m1/s1. The highest BCUT2D eigenvalue weighted by molar-refractivity contribution is 5.98. The summed E-state index contributed by atoms with van der Waals surface area (Å²) >= 11 is 0. The number of carbonyl (C=O) groups excluding carboxylic acids is 2. The number of likely N-dealkylation sites (tertiary alicyclic amines) is 1. The molecular formula is C24H23F4N3O3. The first kappa shape index (κ1) is 23.7. The van der Waals surface area contributed by atoms with Crippen molar-refractivity contribution >= 4 is 22.7 Å². The van der Waals surface area contributed by atoms with Crippen molar-refractivity contribution in [2.75, 3.05) is 13.1 Å². The van der Waals surface area contributed by atoms with E-state index in [1.165, 1.54) is 17.0 Å². The van der Waals surface area contributed by atoms with Crippen LogP contribution in [0.1, 0.15) is 22.3 Å². The second-order valence-corrected chi connectivity index (χ2v) is 8.42. The number of hydrogen-bond donors (Lipinski definition) is 3. The molecule has 3 atom stereocenters. The number of alkyl halides is 3. The number of H-pyrrole nitrogens is 1. The average molecular weight is 477 g/mol. The molecule has 4 rings (SSSR count). The summed E-state index contributed by atoms with van der Waals surface area (Å²) in [6, 6.07) is 11.1. The normalized spacial score (nSPS) is 18.1. The van der Waals surface area contributed by atoms with Gasteiger partial charge in [-0.2, -0.15) is 13.2 Å². The van der Waals surface area contributed by atoms with E-state index in [0.29, 0.717) is 0 Å². The van der Waals surface area contributed by atoms with Gasteiger partial charge in [0, 0.05) is 48.1 Å². The summed E-state index contributed by atoms with van der Waals surface area (Å²) < 4.78 is 52.0. The SMILES string of the molecule is O=C(N[C@H](Cc1c[nH]c2ccccc12)C(=O)N1CCC(C(O)C(F)(F)F)C1)c1ccc(F)cc1. The van der Waals surface area contributed by atoms with E-state index < -0.39 is 41.9 Å². The van der Waals surface area contributed by atoms with Crippen LogP contribution in [0.15, 0.2) is 54.7 Å². The van der Waals surface area contributed by atoms with Crippen LogP contribution in [-0.4, -0.2) is 58.2 Å². The van der Waals surface area contributed by atoms with Crippen LogP contribution in [0.4, 0.5) is 17.6 Å². The van der Waals surface area contributed by atoms with Crippen LogP contribution in [0, 0.1) is 11.7 Å². The quantitative estimate of drug-likeness (QED) is 0.476. The molecule has 0 radical (unpaired) electrons. The first-order valence-corrected chi connectivity index (χ1v) is 10.8. The van der Waals surface area contributed by atoms with Gasteiger partial charge in [-0.1, -0.05) is 18.2 Å². The van der Waals surface area contributed by atoms with Gasteiger partial charge in [-0.15, -0.1) is 0 Å². The molecule has 2 heterocycles. The van der Waals surface area contributed by atoms with Crippen LogP contribution in [0.2, 0.25) is 0 Å². The number of amides is 2. The molecule has 1 saturated heterocycles. The smallest absolute Gasteiger partial charge is 0.383 e. The molecular weight excluding hydrogens is 454 g/mol. The third kappa shape index (κ3) is 5.06. The van der Waals surface area contributed by atoms with Gasteiger partial charge >= 0.3 is 6.18 Å². The lowest BCUT2D eigenvalue weighted by molar-refractivity contribution is -0.218. The number of aliphatic hydroxyl groups excluding tert-OH is 1. The van der Waals surface area contributed by atoms with Crippen molar-refractivity contribution in [2.24, 2.45) is 5.92 Å². The summed E-state index contributed by atoms with van der Waals surface area (Å²) in [7, 11) is 0. The molecule has 3 N–H and O–H groups in total. The monoisotopic (exact) mass is 477 g/mol. The highest BCUT2D eigenvalue weighted by Gasteiger charge is 2.46. The molecule has 1 aliphatic heterocycles. The molecule has 0 bridgehead atoms. The third-order valence-corrected chi connectivity index (χ3v) is 6.13. The van der Waals surface area contributed by atoms with Crippen LogP contribution >= 0.6 is 0 Å². The van der Waals surface area contributed by atoms with Crippen LogP contribution < -0.4 is 5.32 Å². The highest BCUT2D eigenvalue weighted by atomic mass is 19.4. The van der Waals surface area contributed by atoms with Gasteiger partial charge in [0.1, 0.15) is 11.9 Å². The summed E-state index contributed by atoms with van der Waals surface area (Å²) in [6.45, 7) is -0.232. The van der Waals surface area contributed by atoms with Crippen molar-refractivity contribution < 1.29 is 32.3 Å². The van der Waals surface area contributed by atoms with Crippen LogP contribution in [-0.2, 0) is 11.2 Å². The predicted octanol–water partition coefficient (Wildman–Crippen LogP) is 3.42. The number of carbonyl (C=O) groups is 2. The van der Waals surface area contributed by atoms with Crippen LogP contribution in [0.25, 0.3) is 10.9 Å². The Hall–Kier alpha value is -3.40. The van der Waals surface area contributed by atoms with Gasteiger partial charge < -0.3 is 20.3 Å². The van der Waals surface area contributed by atoms with Crippen molar-refractivity contribution in [1.82, 2.24) is 15.2 Å². The van der Waals surface area contributed by atoms with E-state index in [1.54, 1.807) is 6.20 Å². The van der Waals surface area contributed by atoms with Gasteiger partial charge in [0.2, 0.25) is 5.91 Å². The molecule has 0 spiro atoms. The van der Waals surface area contributed by atoms with Gasteiger partial charge in [0.05, 0.1) is 0 Å². The lowest BCUT2D eigenvalue weighted by atomic mass is 10.0. The van der Waals surface area contributed by atoms with Gasteiger partial charge in [-0.05, 0) is 42.3 Å². The Balaban J connectivity index is 1.56. The number of halogens is 4. The second-order valence-electron chi connectivity index (χ2n) is 8.42. The fourth-order valence-electron chi connectivity index (χ4n) is 4.30. The molecule has 2 aromatic carbocycles. The fourth-order valence-corrected chi connectivity index (χ4v) is 4.30. The maximum absolute atomic E-state index is 13.3. The molecule has 0 aliphatic carbocycles. The summed E-state index contributed by atoms with van der Waals surface area (Å²) in [6.07, 6.45) is -5.48. The lowest BCUT2D eigenvalue weighted by Gasteiger charge is -2.26. The molecule has 2 amide bonds. The van der Waals surface area contributed by atoms with Crippen molar-refractivity contribution in [2.45, 2.75) is 31.2 Å². The number of benzene rings is 2. The van der Waals surface area contributed by atoms with E-state index in [2.05, 4.69) is 10.3 Å². The number of rotatable bonds is 6.